The Bertz CT molecular complexity index is 1170. The van der Waals surface area contributed by atoms with E-state index in [1.54, 1.807) is 7.11 Å². The Morgan fingerprint density at radius 3 is 2.47 bits per heavy atom. The first-order chi connectivity index (χ1) is 18.3. The number of carbonyl (C=O) groups excluding carboxylic acids is 1. The Morgan fingerprint density at radius 1 is 1.05 bits per heavy atom. The molecule has 3 fully saturated rings. The molecule has 2 saturated heterocycles. The lowest BCUT2D eigenvalue weighted by Crippen LogP contribution is -2.61. The number of benzene rings is 2. The average molecular weight is 575 g/mol. The first-order valence-corrected chi connectivity index (χ1v) is 14.9. The van der Waals surface area contributed by atoms with Crippen molar-refractivity contribution in [1.82, 2.24) is 14.7 Å². The van der Waals surface area contributed by atoms with E-state index in [2.05, 4.69) is 21.7 Å². The molecule has 38 heavy (non-hydrogen) atoms. The van der Waals surface area contributed by atoms with Crippen LogP contribution >= 0.6 is 35.4 Å². The second-order valence-electron chi connectivity index (χ2n) is 11.1. The highest BCUT2D eigenvalue weighted by Gasteiger charge is 2.51. The van der Waals surface area contributed by atoms with Gasteiger partial charge in [0.15, 0.2) is 0 Å². The summed E-state index contributed by atoms with van der Waals surface area (Å²) < 4.78 is 5.30. The van der Waals surface area contributed by atoms with E-state index in [-0.39, 0.29) is 11.4 Å². The van der Waals surface area contributed by atoms with Crippen LogP contribution in [0.5, 0.6) is 5.75 Å². The van der Waals surface area contributed by atoms with Gasteiger partial charge in [0.05, 0.1) is 22.1 Å². The molecule has 3 unspecified atom stereocenters. The summed E-state index contributed by atoms with van der Waals surface area (Å²) in [6, 6.07) is 14.0. The molecular weight excluding hydrogens is 537 g/mol. The maximum atomic E-state index is 13.7. The topological polar surface area (TPSA) is 36.0 Å². The van der Waals surface area contributed by atoms with Gasteiger partial charge in [-0.2, -0.15) is 0 Å². The maximum absolute atomic E-state index is 13.7. The van der Waals surface area contributed by atoms with Crippen LogP contribution in [0.3, 0.4) is 0 Å². The largest absolute Gasteiger partial charge is 0.497 e. The van der Waals surface area contributed by atoms with Crippen LogP contribution in [-0.2, 0) is 6.42 Å². The first-order valence-electron chi connectivity index (χ1n) is 13.7. The molecule has 8 heteroatoms. The fourth-order valence-corrected chi connectivity index (χ4v) is 7.51. The lowest BCUT2D eigenvalue weighted by atomic mass is 9.73. The number of hydrogen-bond acceptors (Lipinski definition) is 4. The molecule has 5 nitrogen and oxygen atoms in total. The number of hydrogen-bond donors (Lipinski definition) is 0. The number of thiocarbonyl (C=S) groups is 1. The minimum atomic E-state index is -0.0903. The van der Waals surface area contributed by atoms with Gasteiger partial charge in [0.2, 0.25) is 0 Å². The van der Waals surface area contributed by atoms with Gasteiger partial charge in [0, 0.05) is 43.2 Å². The molecule has 0 N–H and O–H groups in total. The van der Waals surface area contributed by atoms with Crippen molar-refractivity contribution in [1.29, 1.82) is 0 Å². The first kappa shape index (κ1) is 27.7. The van der Waals surface area contributed by atoms with Crippen LogP contribution in [0.2, 0.25) is 10.0 Å². The molecular formula is C30H37Cl2N3O2S. The van der Waals surface area contributed by atoms with Crippen LogP contribution in [0.25, 0.3) is 0 Å². The van der Waals surface area contributed by atoms with E-state index < -0.39 is 0 Å². The van der Waals surface area contributed by atoms with Gasteiger partial charge in [0.1, 0.15) is 5.75 Å². The normalized spacial score (nSPS) is 25.6. The number of likely N-dealkylation sites (N-methyl/N-ethyl adjacent to an activating group) is 1. The minimum absolute atomic E-state index is 0.0903. The molecule has 1 aliphatic carbocycles. The molecule has 1 spiro atoms. The van der Waals surface area contributed by atoms with Crippen molar-refractivity contribution in [3.05, 3.63) is 63.6 Å². The molecule has 2 aliphatic heterocycles. The highest BCUT2D eigenvalue weighted by molar-refractivity contribution is 7.80. The van der Waals surface area contributed by atoms with Crippen LogP contribution in [0.4, 0.5) is 0 Å². The third-order valence-corrected chi connectivity index (χ3v) is 10.1. The summed E-state index contributed by atoms with van der Waals surface area (Å²) in [4.78, 5) is 21.9. The second kappa shape index (κ2) is 11.7. The number of halogens is 2. The van der Waals surface area contributed by atoms with Crippen LogP contribution < -0.4 is 4.74 Å². The van der Waals surface area contributed by atoms with Gasteiger partial charge in [-0.15, -0.1) is 0 Å². The average Bonchev–Trinajstić information content (AvgIpc) is 3.61. The van der Waals surface area contributed by atoms with Crippen molar-refractivity contribution in [3.8, 4) is 5.75 Å². The van der Waals surface area contributed by atoms with Gasteiger partial charge in [-0.3, -0.25) is 9.69 Å². The summed E-state index contributed by atoms with van der Waals surface area (Å²) in [6.07, 6.45) is 8.30. The standard InChI is InChI=1S/C30H37Cl2N3O2S/c1-33(28(38)19-21-6-11-24(31)25(32)18-21)26-12-14-30(20-27(26)34-15-3-4-16-34)13-5-17-35(30)29(36)22-7-9-23(37-2)10-8-22/h6-11,18,26-27H,3-5,12-17,19-20H2,1-2H3. The zero-order chi connectivity index (χ0) is 26.9. The highest BCUT2D eigenvalue weighted by Crippen LogP contribution is 2.45. The van der Waals surface area contributed by atoms with Gasteiger partial charge in [-0.25, -0.2) is 0 Å². The lowest BCUT2D eigenvalue weighted by molar-refractivity contribution is 0.0109. The number of methoxy groups -OCH3 is 1. The van der Waals surface area contributed by atoms with Crippen molar-refractivity contribution in [3.63, 3.8) is 0 Å². The van der Waals surface area contributed by atoms with E-state index in [1.807, 2.05) is 42.5 Å². The van der Waals surface area contributed by atoms with Gasteiger partial charge in [0.25, 0.3) is 5.91 Å². The number of nitrogens with zero attached hydrogens (tertiary/aromatic N) is 3. The van der Waals surface area contributed by atoms with Gasteiger partial charge < -0.3 is 14.5 Å². The molecule has 0 aromatic heterocycles. The Hall–Kier alpha value is -1.86. The molecule has 2 aromatic rings. The third kappa shape index (κ3) is 5.56. The zero-order valence-electron chi connectivity index (χ0n) is 22.3. The van der Waals surface area contributed by atoms with Crippen molar-refractivity contribution in [2.24, 2.45) is 0 Å². The number of rotatable bonds is 6. The highest BCUT2D eigenvalue weighted by atomic mass is 35.5. The van der Waals surface area contributed by atoms with E-state index in [1.165, 1.54) is 12.8 Å². The number of ether oxygens (including phenoxy) is 1. The van der Waals surface area contributed by atoms with E-state index in [9.17, 15) is 4.79 Å². The zero-order valence-corrected chi connectivity index (χ0v) is 24.6. The maximum Gasteiger partial charge on any atom is 0.254 e. The Morgan fingerprint density at radius 2 is 1.79 bits per heavy atom. The Balaban J connectivity index is 1.35. The summed E-state index contributed by atoms with van der Waals surface area (Å²) >= 11 is 18.4. The summed E-state index contributed by atoms with van der Waals surface area (Å²) in [5, 5.41) is 1.12. The molecule has 1 saturated carbocycles. The smallest absolute Gasteiger partial charge is 0.254 e. The fraction of sp³-hybridized carbons (Fsp3) is 0.533. The van der Waals surface area contributed by atoms with Crippen LogP contribution in [0.1, 0.15) is 60.9 Å². The van der Waals surface area contributed by atoms with E-state index in [4.69, 9.17) is 40.2 Å². The molecule has 204 valence electrons. The predicted molar refractivity (Wildman–Crippen MR) is 159 cm³/mol. The minimum Gasteiger partial charge on any atom is -0.497 e. The van der Waals surface area contributed by atoms with E-state index in [0.29, 0.717) is 28.5 Å². The van der Waals surface area contributed by atoms with Crippen LogP contribution in [0, 0.1) is 0 Å². The Kier molecular flexibility index (Phi) is 8.54. The molecule has 5 rings (SSSR count). The summed E-state index contributed by atoms with van der Waals surface area (Å²) in [5.41, 5.74) is 1.73. The SMILES string of the molecule is COc1ccc(C(=O)N2CCCC23CCC(N(C)C(=S)Cc2ccc(Cl)c(Cl)c2)C(N2CCCC2)C3)cc1. The summed E-state index contributed by atoms with van der Waals surface area (Å²) in [6.45, 7) is 3.07. The van der Waals surface area contributed by atoms with Crippen molar-refractivity contribution in [2.45, 2.75) is 69.0 Å². The van der Waals surface area contributed by atoms with Gasteiger partial charge >= 0.3 is 0 Å². The number of likely N-dealkylation sites (tertiary alicyclic amines) is 2. The Labute approximate surface area is 242 Å². The molecule has 3 atom stereocenters. The van der Waals surface area contributed by atoms with E-state index in [0.717, 1.165) is 73.6 Å². The fourth-order valence-electron chi connectivity index (χ4n) is 6.88. The molecule has 0 bridgehead atoms. The lowest BCUT2D eigenvalue weighted by Gasteiger charge is -2.52. The second-order valence-corrected chi connectivity index (χ2v) is 12.3. The van der Waals surface area contributed by atoms with Gasteiger partial charge in [-0.1, -0.05) is 41.5 Å². The van der Waals surface area contributed by atoms with E-state index >= 15 is 0 Å². The molecule has 0 radical (unpaired) electrons. The van der Waals surface area contributed by atoms with Crippen molar-refractivity contribution < 1.29 is 9.53 Å². The quantitative estimate of drug-likeness (QED) is 0.369. The van der Waals surface area contributed by atoms with Crippen LogP contribution in [-0.4, -0.2) is 77.0 Å². The predicted octanol–water partition coefficient (Wildman–Crippen LogP) is 6.50. The van der Waals surface area contributed by atoms with Crippen molar-refractivity contribution in [2.75, 3.05) is 33.8 Å². The summed E-state index contributed by atoms with van der Waals surface area (Å²) in [7, 11) is 3.80. The monoisotopic (exact) mass is 573 g/mol. The molecule has 3 aliphatic rings. The number of carbonyl (C=O) groups is 1. The van der Waals surface area contributed by atoms with Crippen LogP contribution in [0.15, 0.2) is 42.5 Å². The number of amides is 1. The van der Waals surface area contributed by atoms with Gasteiger partial charge in [-0.05, 0) is 100.0 Å². The third-order valence-electron chi connectivity index (χ3n) is 8.96. The molecule has 2 aromatic carbocycles. The summed E-state index contributed by atoms with van der Waals surface area (Å²) in [5.74, 6) is 0.916. The molecule has 1 amide bonds. The van der Waals surface area contributed by atoms with Crippen molar-refractivity contribution >= 4 is 46.3 Å². The molecule has 2 heterocycles.